The molecule has 0 fully saturated rings. The monoisotopic (exact) mass is 170 g/mol. The van der Waals surface area contributed by atoms with Gasteiger partial charge in [0.15, 0.2) is 0 Å². The fraction of sp³-hybridized carbons (Fsp3) is 0.818. The van der Waals surface area contributed by atoms with E-state index < -0.39 is 0 Å². The van der Waals surface area contributed by atoms with Crippen molar-refractivity contribution >= 4 is 0 Å². The summed E-state index contributed by atoms with van der Waals surface area (Å²) >= 11 is 0. The predicted molar refractivity (Wildman–Crippen MR) is 54.2 cm³/mol. The van der Waals surface area contributed by atoms with Crippen LogP contribution in [0, 0.1) is 11.8 Å². The first kappa shape index (κ1) is 11.7. The maximum Gasteiger partial charge on any atom is 0.0682 e. The minimum Gasteiger partial charge on any atom is -0.378 e. The Hall–Kier alpha value is -0.300. The lowest BCUT2D eigenvalue weighted by molar-refractivity contribution is -0.00668. The average molecular weight is 170 g/mol. The zero-order valence-corrected chi connectivity index (χ0v) is 9.22. The van der Waals surface area contributed by atoms with Gasteiger partial charge in [-0.05, 0) is 19.8 Å². The molecular weight excluding hydrogens is 148 g/mol. The van der Waals surface area contributed by atoms with Crippen molar-refractivity contribution < 1.29 is 4.74 Å². The summed E-state index contributed by atoms with van der Waals surface area (Å²) in [6.07, 6.45) is 4.46. The molecule has 0 aromatic heterocycles. The van der Waals surface area contributed by atoms with Crippen LogP contribution in [0.3, 0.4) is 0 Å². The van der Waals surface area contributed by atoms with Crippen molar-refractivity contribution in [3.63, 3.8) is 0 Å². The van der Waals surface area contributed by atoms with Crippen LogP contribution in [0.5, 0.6) is 0 Å². The summed E-state index contributed by atoms with van der Waals surface area (Å²) in [4.78, 5) is 0. The van der Waals surface area contributed by atoms with Crippen molar-refractivity contribution in [3.8, 4) is 0 Å². The maximum absolute atomic E-state index is 5.38. The van der Waals surface area contributed by atoms with Gasteiger partial charge in [-0.25, -0.2) is 0 Å². The molecule has 0 amide bonds. The highest BCUT2D eigenvalue weighted by molar-refractivity contribution is 4.95. The van der Waals surface area contributed by atoms with Gasteiger partial charge in [0, 0.05) is 13.0 Å². The van der Waals surface area contributed by atoms with Gasteiger partial charge in [-0.1, -0.05) is 32.9 Å². The number of rotatable bonds is 4. The lowest BCUT2D eigenvalue weighted by Crippen LogP contribution is -2.30. The molecule has 0 aromatic carbocycles. The second kappa shape index (κ2) is 4.66. The van der Waals surface area contributed by atoms with Crippen LogP contribution < -0.4 is 0 Å². The van der Waals surface area contributed by atoms with Crippen LogP contribution in [-0.4, -0.2) is 12.7 Å². The van der Waals surface area contributed by atoms with Crippen LogP contribution >= 0.6 is 0 Å². The zero-order chi connectivity index (χ0) is 9.78. The van der Waals surface area contributed by atoms with Crippen molar-refractivity contribution in [1.82, 2.24) is 0 Å². The second-order valence-corrected chi connectivity index (χ2v) is 4.23. The van der Waals surface area contributed by atoms with Crippen LogP contribution in [0.25, 0.3) is 0 Å². The number of hydrogen-bond donors (Lipinski definition) is 0. The normalized spacial score (nSPS) is 15.9. The fourth-order valence-corrected chi connectivity index (χ4v) is 0.807. The largest absolute Gasteiger partial charge is 0.378 e. The van der Waals surface area contributed by atoms with Crippen molar-refractivity contribution in [2.24, 2.45) is 11.8 Å². The molecule has 0 N–H and O–H groups in total. The number of hydrogen-bond acceptors (Lipinski definition) is 1. The Labute approximate surface area is 76.8 Å². The first-order valence-corrected chi connectivity index (χ1v) is 4.63. The van der Waals surface area contributed by atoms with Gasteiger partial charge in [0.25, 0.3) is 0 Å². The van der Waals surface area contributed by atoms with E-state index in [1.54, 1.807) is 7.11 Å². The van der Waals surface area contributed by atoms with E-state index >= 15 is 0 Å². The number of methoxy groups -OCH3 is 1. The van der Waals surface area contributed by atoms with Gasteiger partial charge in [-0.3, -0.25) is 0 Å². The fourth-order valence-electron chi connectivity index (χ4n) is 0.807. The lowest BCUT2D eigenvalue weighted by atomic mass is 9.91. The molecule has 0 spiro atoms. The van der Waals surface area contributed by atoms with E-state index in [0.29, 0.717) is 11.8 Å². The molecule has 0 aliphatic rings. The molecule has 0 heterocycles. The Morgan fingerprint density at radius 2 is 1.58 bits per heavy atom. The molecule has 1 nitrogen and oxygen atoms in total. The van der Waals surface area contributed by atoms with Crippen LogP contribution in [0.1, 0.15) is 34.6 Å². The van der Waals surface area contributed by atoms with E-state index in [1.807, 2.05) is 0 Å². The smallest absolute Gasteiger partial charge is 0.0682 e. The topological polar surface area (TPSA) is 9.23 Å². The Morgan fingerprint density at radius 3 is 1.92 bits per heavy atom. The molecule has 72 valence electrons. The van der Waals surface area contributed by atoms with Gasteiger partial charge < -0.3 is 4.74 Å². The average Bonchev–Trinajstić information content (AvgIpc) is 2.00. The molecule has 0 aromatic rings. The van der Waals surface area contributed by atoms with Gasteiger partial charge in [0.2, 0.25) is 0 Å². The minimum absolute atomic E-state index is 0.0502. The van der Waals surface area contributed by atoms with E-state index in [0.717, 1.165) is 0 Å². The van der Waals surface area contributed by atoms with Crippen molar-refractivity contribution in [1.29, 1.82) is 0 Å². The Bertz CT molecular complexity index is 145. The summed E-state index contributed by atoms with van der Waals surface area (Å²) in [5.74, 6) is 1.09. The van der Waals surface area contributed by atoms with E-state index in [9.17, 15) is 0 Å². The van der Waals surface area contributed by atoms with Gasteiger partial charge in [0.05, 0.1) is 5.60 Å². The summed E-state index contributed by atoms with van der Waals surface area (Å²) in [6, 6.07) is 0. The maximum atomic E-state index is 5.38. The first-order valence-electron chi connectivity index (χ1n) is 4.63. The molecule has 1 heteroatoms. The SMILES string of the molecule is COC(C)(C)[C@H](C)/C=C/C(C)C. The lowest BCUT2D eigenvalue weighted by Gasteiger charge is -2.28. The summed E-state index contributed by atoms with van der Waals surface area (Å²) < 4.78 is 5.38. The van der Waals surface area contributed by atoms with Gasteiger partial charge in [-0.2, -0.15) is 0 Å². The van der Waals surface area contributed by atoms with E-state index in [2.05, 4.69) is 46.8 Å². The first-order chi connectivity index (χ1) is 5.40. The molecule has 0 bridgehead atoms. The van der Waals surface area contributed by atoms with Gasteiger partial charge in [-0.15, -0.1) is 0 Å². The Kier molecular flexibility index (Phi) is 4.54. The summed E-state index contributed by atoms with van der Waals surface area (Å²) in [6.45, 7) is 10.8. The highest BCUT2D eigenvalue weighted by Gasteiger charge is 2.22. The van der Waals surface area contributed by atoms with Crippen molar-refractivity contribution in [2.45, 2.75) is 40.2 Å². The zero-order valence-electron chi connectivity index (χ0n) is 9.22. The van der Waals surface area contributed by atoms with Gasteiger partial charge in [0.1, 0.15) is 0 Å². The highest BCUT2D eigenvalue weighted by atomic mass is 16.5. The quantitative estimate of drug-likeness (QED) is 0.588. The van der Waals surface area contributed by atoms with Crippen molar-refractivity contribution in [2.75, 3.05) is 7.11 Å². The molecule has 1 atom stereocenters. The third-order valence-electron chi connectivity index (χ3n) is 2.41. The number of allylic oxidation sites excluding steroid dienone is 1. The van der Waals surface area contributed by atoms with Gasteiger partial charge >= 0.3 is 0 Å². The number of ether oxygens (including phenoxy) is 1. The van der Waals surface area contributed by atoms with Crippen LogP contribution in [-0.2, 0) is 4.74 Å². The Balaban J connectivity index is 4.11. The molecule has 0 aliphatic carbocycles. The standard InChI is InChI=1S/C11H22O/c1-9(2)7-8-10(3)11(4,5)12-6/h7-10H,1-6H3/b8-7+/t10-/m1/s1. The molecule has 0 saturated heterocycles. The minimum atomic E-state index is -0.0502. The Morgan fingerprint density at radius 1 is 1.08 bits per heavy atom. The molecular formula is C11H22O. The highest BCUT2D eigenvalue weighted by Crippen LogP contribution is 2.21. The van der Waals surface area contributed by atoms with Crippen molar-refractivity contribution in [3.05, 3.63) is 12.2 Å². The predicted octanol–water partition coefficient (Wildman–Crippen LogP) is 3.26. The van der Waals surface area contributed by atoms with Crippen LogP contribution in [0.15, 0.2) is 12.2 Å². The van der Waals surface area contributed by atoms with E-state index in [-0.39, 0.29) is 5.60 Å². The molecule has 0 radical (unpaired) electrons. The van der Waals surface area contributed by atoms with Crippen LogP contribution in [0.2, 0.25) is 0 Å². The molecule has 0 aliphatic heterocycles. The molecule has 0 saturated carbocycles. The molecule has 12 heavy (non-hydrogen) atoms. The summed E-state index contributed by atoms with van der Waals surface area (Å²) in [7, 11) is 1.76. The van der Waals surface area contributed by atoms with E-state index in [4.69, 9.17) is 4.74 Å². The third-order valence-corrected chi connectivity index (χ3v) is 2.41. The third kappa shape index (κ3) is 3.91. The molecule has 0 rings (SSSR count). The summed E-state index contributed by atoms with van der Waals surface area (Å²) in [5, 5.41) is 0. The second-order valence-electron chi connectivity index (χ2n) is 4.23. The summed E-state index contributed by atoms with van der Waals surface area (Å²) in [5.41, 5.74) is -0.0502. The van der Waals surface area contributed by atoms with E-state index in [1.165, 1.54) is 0 Å². The molecule has 0 unspecified atom stereocenters. The van der Waals surface area contributed by atoms with Crippen LogP contribution in [0.4, 0.5) is 0 Å².